The molecule has 0 atom stereocenters. The van der Waals surface area contributed by atoms with Gasteiger partial charge in [0.25, 0.3) is 0 Å². The number of imidazole rings is 1. The number of aromatic amines is 2. The van der Waals surface area contributed by atoms with Gasteiger partial charge in [-0.15, -0.1) is 0 Å². The number of aromatic nitrogens is 5. The molecular formula is C19H16ClN7O2. The van der Waals surface area contributed by atoms with Gasteiger partial charge in [-0.2, -0.15) is 9.61 Å². The highest BCUT2D eigenvalue weighted by atomic mass is 35.5. The Morgan fingerprint density at radius 2 is 2.07 bits per heavy atom. The summed E-state index contributed by atoms with van der Waals surface area (Å²) < 4.78 is 1.65. The Hall–Kier alpha value is -3.59. The fraction of sp³-hybridized carbons (Fsp3) is 0.158. The van der Waals surface area contributed by atoms with Crippen LogP contribution in [0.25, 0.3) is 11.7 Å². The lowest BCUT2D eigenvalue weighted by Gasteiger charge is -2.06. The molecule has 0 amide bonds. The number of halogens is 1. The molecule has 0 bridgehead atoms. The molecule has 29 heavy (non-hydrogen) atoms. The minimum absolute atomic E-state index is 0.243. The van der Waals surface area contributed by atoms with Crippen molar-refractivity contribution in [2.75, 3.05) is 5.32 Å². The van der Waals surface area contributed by atoms with Crippen molar-refractivity contribution in [3.8, 4) is 5.88 Å². The third-order valence-electron chi connectivity index (χ3n) is 4.49. The summed E-state index contributed by atoms with van der Waals surface area (Å²) in [5, 5.41) is 18.8. The van der Waals surface area contributed by atoms with Crippen molar-refractivity contribution < 1.29 is 5.11 Å². The number of rotatable bonds is 4. The van der Waals surface area contributed by atoms with Crippen LogP contribution in [0.4, 0.5) is 11.5 Å². The Morgan fingerprint density at radius 1 is 1.28 bits per heavy atom. The second kappa shape index (κ2) is 6.78. The number of aromatic hydroxyl groups is 1. The van der Waals surface area contributed by atoms with E-state index in [9.17, 15) is 9.90 Å². The third-order valence-corrected chi connectivity index (χ3v) is 4.75. The molecule has 4 N–H and O–H groups in total. The van der Waals surface area contributed by atoms with E-state index in [0.717, 1.165) is 18.5 Å². The first-order chi connectivity index (χ1) is 14.0. The summed E-state index contributed by atoms with van der Waals surface area (Å²) >= 11 is 5.96. The SMILES string of the molecule is O=c1[nH]c(O)c(C=c2cnn3c(=NC4CC4)cc(Nc4ccc(Cl)cc4)nc23)[nH]1. The molecule has 1 aliphatic rings. The Bertz CT molecular complexity index is 1380. The summed E-state index contributed by atoms with van der Waals surface area (Å²) in [6.45, 7) is 0. The van der Waals surface area contributed by atoms with Crippen LogP contribution in [0.2, 0.25) is 5.02 Å². The molecule has 4 aromatic rings. The van der Waals surface area contributed by atoms with Gasteiger partial charge in [0.15, 0.2) is 11.1 Å². The number of anilines is 2. The molecule has 0 spiro atoms. The molecule has 0 radical (unpaired) electrons. The molecule has 5 rings (SSSR count). The van der Waals surface area contributed by atoms with Crippen LogP contribution in [0.15, 0.2) is 46.3 Å². The standard InChI is InChI=1S/C19H16ClN7O2/c20-11-1-3-12(4-2-11)22-15-8-16(23-13-5-6-13)27-17(25-15)10(9-21-27)7-14-18(28)26-19(29)24-14/h1-4,7-9,13,22,28H,5-6H2,(H2,24,26,29). The molecule has 10 heteroatoms. The number of H-pyrrole nitrogens is 2. The maximum atomic E-state index is 11.4. The molecule has 1 fully saturated rings. The van der Waals surface area contributed by atoms with E-state index in [0.29, 0.717) is 33.2 Å². The molecule has 1 aliphatic carbocycles. The van der Waals surface area contributed by atoms with Crippen LogP contribution in [-0.2, 0) is 0 Å². The molecule has 0 unspecified atom stereocenters. The van der Waals surface area contributed by atoms with E-state index in [-0.39, 0.29) is 11.6 Å². The van der Waals surface area contributed by atoms with E-state index in [1.165, 1.54) is 0 Å². The number of hydrogen-bond donors (Lipinski definition) is 4. The van der Waals surface area contributed by atoms with Crippen molar-refractivity contribution in [2.24, 2.45) is 4.99 Å². The van der Waals surface area contributed by atoms with Crippen LogP contribution in [0.3, 0.4) is 0 Å². The quantitative estimate of drug-likeness (QED) is 0.406. The number of fused-ring (bicyclic) bond motifs is 1. The lowest BCUT2D eigenvalue weighted by molar-refractivity contribution is 0.454. The first kappa shape index (κ1) is 17.5. The van der Waals surface area contributed by atoms with Crippen LogP contribution in [0, 0.1) is 0 Å². The van der Waals surface area contributed by atoms with E-state index < -0.39 is 5.69 Å². The Morgan fingerprint density at radius 3 is 2.76 bits per heavy atom. The summed E-state index contributed by atoms with van der Waals surface area (Å²) in [7, 11) is 0. The summed E-state index contributed by atoms with van der Waals surface area (Å²) in [6, 6.07) is 9.44. The van der Waals surface area contributed by atoms with Crippen LogP contribution >= 0.6 is 11.6 Å². The lowest BCUT2D eigenvalue weighted by Crippen LogP contribution is -2.19. The highest BCUT2D eigenvalue weighted by molar-refractivity contribution is 6.30. The third kappa shape index (κ3) is 3.59. The van der Waals surface area contributed by atoms with Gasteiger partial charge in [0.05, 0.1) is 12.2 Å². The molecule has 0 saturated heterocycles. The first-order valence-electron chi connectivity index (χ1n) is 9.03. The molecule has 3 aromatic heterocycles. The van der Waals surface area contributed by atoms with Gasteiger partial charge >= 0.3 is 5.69 Å². The highest BCUT2D eigenvalue weighted by Crippen LogP contribution is 2.23. The van der Waals surface area contributed by atoms with E-state index in [1.807, 2.05) is 18.2 Å². The molecular weight excluding hydrogens is 394 g/mol. The van der Waals surface area contributed by atoms with Gasteiger partial charge in [0, 0.05) is 22.0 Å². The number of nitrogens with one attached hydrogen (secondary N) is 3. The maximum Gasteiger partial charge on any atom is 0.326 e. The van der Waals surface area contributed by atoms with E-state index >= 15 is 0 Å². The van der Waals surface area contributed by atoms with Crippen molar-refractivity contribution in [1.82, 2.24) is 24.6 Å². The average Bonchev–Trinajstić information content (AvgIpc) is 3.33. The van der Waals surface area contributed by atoms with Crippen molar-refractivity contribution in [3.63, 3.8) is 0 Å². The predicted octanol–water partition coefficient (Wildman–Crippen LogP) is 1.46. The molecule has 3 heterocycles. The fourth-order valence-electron chi connectivity index (χ4n) is 2.94. The smallest absolute Gasteiger partial charge is 0.326 e. The van der Waals surface area contributed by atoms with Crippen LogP contribution in [0.1, 0.15) is 18.5 Å². The van der Waals surface area contributed by atoms with Crippen molar-refractivity contribution >= 4 is 34.8 Å². The normalized spacial score (nSPS) is 15.3. The summed E-state index contributed by atoms with van der Waals surface area (Å²) in [6.07, 6.45) is 5.34. The molecule has 1 aromatic carbocycles. The van der Waals surface area contributed by atoms with Crippen molar-refractivity contribution in [2.45, 2.75) is 18.9 Å². The summed E-state index contributed by atoms with van der Waals surface area (Å²) in [4.78, 5) is 25.6. The zero-order chi connectivity index (χ0) is 20.0. The number of hydrogen-bond acceptors (Lipinski definition) is 6. The van der Waals surface area contributed by atoms with Crippen molar-refractivity contribution in [1.29, 1.82) is 0 Å². The number of nitrogens with zero attached hydrogens (tertiary/aromatic N) is 4. The maximum absolute atomic E-state index is 11.4. The number of benzene rings is 1. The molecule has 9 nitrogen and oxygen atoms in total. The van der Waals surface area contributed by atoms with Gasteiger partial charge in [-0.3, -0.25) is 9.98 Å². The second-order valence-corrected chi connectivity index (χ2v) is 7.25. The molecule has 146 valence electrons. The Labute approximate surface area is 168 Å². The lowest BCUT2D eigenvalue weighted by atomic mass is 10.3. The Balaban J connectivity index is 1.67. The van der Waals surface area contributed by atoms with Gasteiger partial charge in [-0.1, -0.05) is 11.6 Å². The van der Waals surface area contributed by atoms with Gasteiger partial charge in [0.1, 0.15) is 11.5 Å². The molecule has 1 saturated carbocycles. The van der Waals surface area contributed by atoms with Gasteiger partial charge in [-0.05, 0) is 43.2 Å². The zero-order valence-corrected chi connectivity index (χ0v) is 15.8. The topological polar surface area (TPSA) is 123 Å². The minimum Gasteiger partial charge on any atom is -0.493 e. The van der Waals surface area contributed by atoms with Gasteiger partial charge in [0.2, 0.25) is 5.88 Å². The first-order valence-corrected chi connectivity index (χ1v) is 9.41. The largest absolute Gasteiger partial charge is 0.493 e. The van der Waals surface area contributed by atoms with Gasteiger partial charge < -0.3 is 15.4 Å². The highest BCUT2D eigenvalue weighted by Gasteiger charge is 2.20. The van der Waals surface area contributed by atoms with E-state index in [4.69, 9.17) is 16.6 Å². The van der Waals surface area contributed by atoms with Crippen LogP contribution in [-0.4, -0.2) is 35.7 Å². The average molecular weight is 410 g/mol. The van der Waals surface area contributed by atoms with E-state index in [1.54, 1.807) is 28.9 Å². The summed E-state index contributed by atoms with van der Waals surface area (Å²) in [5.74, 6) is 0.355. The second-order valence-electron chi connectivity index (χ2n) is 6.81. The fourth-order valence-corrected chi connectivity index (χ4v) is 3.07. The minimum atomic E-state index is -0.493. The molecule has 0 aliphatic heterocycles. The summed E-state index contributed by atoms with van der Waals surface area (Å²) in [5.41, 5.74) is 1.82. The Kier molecular flexibility index (Phi) is 4.09. The van der Waals surface area contributed by atoms with Crippen LogP contribution in [0.5, 0.6) is 5.88 Å². The van der Waals surface area contributed by atoms with Crippen molar-refractivity contribution in [3.05, 3.63) is 68.4 Å². The van der Waals surface area contributed by atoms with Gasteiger partial charge in [-0.25, -0.2) is 9.78 Å². The van der Waals surface area contributed by atoms with Crippen LogP contribution < -0.4 is 21.7 Å². The zero-order valence-electron chi connectivity index (χ0n) is 15.1. The predicted molar refractivity (Wildman–Crippen MR) is 108 cm³/mol. The monoisotopic (exact) mass is 409 g/mol. The van der Waals surface area contributed by atoms with E-state index in [2.05, 4.69) is 25.4 Å².